The summed E-state index contributed by atoms with van der Waals surface area (Å²) in [7, 11) is 0. The van der Waals surface area contributed by atoms with Gasteiger partial charge in [-0.25, -0.2) is 0 Å². The molecule has 0 aromatic carbocycles. The van der Waals surface area contributed by atoms with Gasteiger partial charge in [-0.2, -0.15) is 0 Å². The molecule has 0 aliphatic heterocycles. The number of aliphatic hydroxyl groups excluding tert-OH is 1. The number of aryl methyl sites for hydroxylation is 1. The summed E-state index contributed by atoms with van der Waals surface area (Å²) in [5.41, 5.74) is 0.479. The van der Waals surface area contributed by atoms with Gasteiger partial charge < -0.3 is 19.5 Å². The van der Waals surface area contributed by atoms with Gasteiger partial charge in [-0.15, -0.1) is 0 Å². The lowest BCUT2D eigenvalue weighted by molar-refractivity contribution is 0.125. The first kappa shape index (κ1) is 19.7. The topological polar surface area (TPSA) is 74.9 Å². The van der Waals surface area contributed by atoms with Crippen LogP contribution in [0.5, 0.6) is 5.75 Å². The third-order valence-corrected chi connectivity index (χ3v) is 3.78. The maximum Gasteiger partial charge on any atom is 0.223 e. The van der Waals surface area contributed by atoms with Crippen molar-refractivity contribution in [3.63, 3.8) is 0 Å². The monoisotopic (exact) mass is 326 g/mol. The second kappa shape index (κ2) is 11.2. The first-order valence-electron chi connectivity index (χ1n) is 8.45. The molecular weight excluding hydrogens is 296 g/mol. The van der Waals surface area contributed by atoms with Crippen molar-refractivity contribution >= 4 is 0 Å². The van der Waals surface area contributed by atoms with Crippen LogP contribution in [-0.4, -0.2) is 52.6 Å². The zero-order valence-electron chi connectivity index (χ0n) is 14.3. The van der Waals surface area contributed by atoms with E-state index in [0.29, 0.717) is 26.2 Å². The van der Waals surface area contributed by atoms with Crippen LogP contribution in [0.4, 0.5) is 0 Å². The minimum Gasteiger partial charge on any atom is -0.503 e. The Morgan fingerprint density at radius 2 is 2.00 bits per heavy atom. The average molecular weight is 326 g/mol. The normalized spacial score (nSPS) is 11.3. The van der Waals surface area contributed by atoms with Crippen molar-refractivity contribution in [1.29, 1.82) is 0 Å². The van der Waals surface area contributed by atoms with Gasteiger partial charge in [-0.3, -0.25) is 9.69 Å². The predicted molar refractivity (Wildman–Crippen MR) is 90.7 cm³/mol. The van der Waals surface area contributed by atoms with E-state index >= 15 is 0 Å². The molecule has 0 saturated carbocycles. The Hall–Kier alpha value is -1.37. The Bertz CT molecular complexity index is 502. The fourth-order valence-electron chi connectivity index (χ4n) is 2.35. The van der Waals surface area contributed by atoms with Gasteiger partial charge >= 0.3 is 0 Å². The molecule has 0 saturated heterocycles. The number of aromatic nitrogens is 1. The van der Waals surface area contributed by atoms with Crippen molar-refractivity contribution in [2.75, 3.05) is 32.9 Å². The summed E-state index contributed by atoms with van der Waals surface area (Å²) in [6, 6.07) is 1.48. The van der Waals surface area contributed by atoms with Crippen LogP contribution in [0.3, 0.4) is 0 Å². The summed E-state index contributed by atoms with van der Waals surface area (Å²) in [6.07, 6.45) is 4.51. The molecule has 0 unspecified atom stereocenters. The first-order valence-corrected chi connectivity index (χ1v) is 8.45. The number of aromatic hydroxyl groups is 1. The molecule has 1 rings (SSSR count). The number of rotatable bonds is 12. The Labute approximate surface area is 138 Å². The van der Waals surface area contributed by atoms with E-state index in [-0.39, 0.29) is 17.8 Å². The van der Waals surface area contributed by atoms with Crippen molar-refractivity contribution in [2.24, 2.45) is 0 Å². The Balaban J connectivity index is 2.68. The minimum atomic E-state index is -0.365. The molecule has 1 aromatic rings. The number of nitrogens with zero attached hydrogens (tertiary/aromatic N) is 2. The van der Waals surface area contributed by atoms with E-state index < -0.39 is 0 Å². The van der Waals surface area contributed by atoms with E-state index in [1.54, 1.807) is 0 Å². The Kier molecular flexibility index (Phi) is 9.59. The third kappa shape index (κ3) is 7.16. The molecule has 0 aliphatic rings. The zero-order chi connectivity index (χ0) is 17.1. The van der Waals surface area contributed by atoms with E-state index in [1.165, 1.54) is 12.3 Å². The summed E-state index contributed by atoms with van der Waals surface area (Å²) in [4.78, 5) is 13.8. The van der Waals surface area contributed by atoms with Crippen molar-refractivity contribution in [3.05, 3.63) is 28.2 Å². The molecular formula is C17H30N2O4. The van der Waals surface area contributed by atoms with Gasteiger partial charge in [0.25, 0.3) is 0 Å². The smallest absolute Gasteiger partial charge is 0.223 e. The van der Waals surface area contributed by atoms with E-state index in [1.807, 2.05) is 11.5 Å². The minimum absolute atomic E-state index is 0.0847. The van der Waals surface area contributed by atoms with Crippen LogP contribution < -0.4 is 5.43 Å². The number of aliphatic hydroxyl groups is 1. The molecule has 0 aliphatic carbocycles. The lowest BCUT2D eigenvalue weighted by Gasteiger charge is -2.22. The molecule has 23 heavy (non-hydrogen) atoms. The molecule has 0 bridgehead atoms. The first-order chi connectivity index (χ1) is 11.1. The molecule has 132 valence electrons. The standard InChI is InChI=1S/C17H30N2O4/c1-3-5-10-23-11-6-7-19-14-17(22)16(21)12-15(19)13-18(4-2)8-9-20/h12,14,20,22H,3-11,13H2,1-2H3. The highest BCUT2D eigenvalue weighted by Crippen LogP contribution is 2.09. The van der Waals surface area contributed by atoms with Gasteiger partial charge in [0.05, 0.1) is 12.8 Å². The SMILES string of the molecule is CCCCOCCCn1cc(O)c(=O)cc1CN(CC)CCO. The molecule has 2 N–H and O–H groups in total. The molecule has 1 heterocycles. The highest BCUT2D eigenvalue weighted by molar-refractivity contribution is 5.20. The van der Waals surface area contributed by atoms with E-state index in [9.17, 15) is 9.90 Å². The van der Waals surface area contributed by atoms with Crippen molar-refractivity contribution in [3.8, 4) is 5.75 Å². The van der Waals surface area contributed by atoms with Crippen LogP contribution in [0.25, 0.3) is 0 Å². The fourth-order valence-corrected chi connectivity index (χ4v) is 2.35. The molecule has 0 fully saturated rings. The van der Waals surface area contributed by atoms with E-state index in [2.05, 4.69) is 11.8 Å². The maximum atomic E-state index is 11.7. The van der Waals surface area contributed by atoms with Crippen molar-refractivity contribution < 1.29 is 14.9 Å². The van der Waals surface area contributed by atoms with Gasteiger partial charge in [-0.1, -0.05) is 20.3 Å². The third-order valence-electron chi connectivity index (χ3n) is 3.78. The highest BCUT2D eigenvalue weighted by Gasteiger charge is 2.10. The number of hydrogen-bond donors (Lipinski definition) is 2. The lowest BCUT2D eigenvalue weighted by atomic mass is 10.2. The van der Waals surface area contributed by atoms with Crippen LogP contribution in [0.1, 0.15) is 38.8 Å². The van der Waals surface area contributed by atoms with Gasteiger partial charge in [0.1, 0.15) is 0 Å². The van der Waals surface area contributed by atoms with Crippen LogP contribution in [0, 0.1) is 0 Å². The highest BCUT2D eigenvalue weighted by atomic mass is 16.5. The Morgan fingerprint density at radius 3 is 2.65 bits per heavy atom. The average Bonchev–Trinajstić information content (AvgIpc) is 2.54. The second-order valence-corrected chi connectivity index (χ2v) is 5.62. The van der Waals surface area contributed by atoms with Crippen LogP contribution >= 0.6 is 0 Å². The number of likely N-dealkylation sites (N-methyl/N-ethyl adjacent to an activating group) is 1. The zero-order valence-corrected chi connectivity index (χ0v) is 14.3. The summed E-state index contributed by atoms with van der Waals surface area (Å²) in [5, 5.41) is 18.8. The lowest BCUT2D eigenvalue weighted by Crippen LogP contribution is -2.28. The fraction of sp³-hybridized carbons (Fsp3) is 0.706. The molecule has 6 nitrogen and oxygen atoms in total. The molecule has 0 spiro atoms. The summed E-state index contributed by atoms with van der Waals surface area (Å²) in [6.45, 7) is 8.28. The van der Waals surface area contributed by atoms with E-state index in [0.717, 1.165) is 38.1 Å². The molecule has 0 radical (unpaired) electrons. The van der Waals surface area contributed by atoms with Gasteiger partial charge in [0, 0.05) is 44.6 Å². The number of hydrogen-bond acceptors (Lipinski definition) is 5. The number of unbranched alkanes of at least 4 members (excludes halogenated alkanes) is 1. The van der Waals surface area contributed by atoms with Crippen LogP contribution in [0.15, 0.2) is 17.1 Å². The molecule has 6 heteroatoms. The van der Waals surface area contributed by atoms with Gasteiger partial charge in [0.2, 0.25) is 5.43 Å². The summed E-state index contributed by atoms with van der Waals surface area (Å²) in [5.74, 6) is -0.231. The summed E-state index contributed by atoms with van der Waals surface area (Å²) < 4.78 is 7.45. The predicted octanol–water partition coefficient (Wildman–Crippen LogP) is 1.57. The number of ether oxygens (including phenoxy) is 1. The second-order valence-electron chi connectivity index (χ2n) is 5.62. The van der Waals surface area contributed by atoms with Gasteiger partial charge in [-0.05, 0) is 19.4 Å². The summed E-state index contributed by atoms with van der Waals surface area (Å²) >= 11 is 0. The number of pyridine rings is 1. The quantitative estimate of drug-likeness (QED) is 0.570. The molecule has 0 amide bonds. The largest absolute Gasteiger partial charge is 0.503 e. The van der Waals surface area contributed by atoms with E-state index in [4.69, 9.17) is 9.84 Å². The van der Waals surface area contributed by atoms with Crippen LogP contribution in [0.2, 0.25) is 0 Å². The molecule has 0 atom stereocenters. The Morgan fingerprint density at radius 1 is 1.26 bits per heavy atom. The maximum absolute atomic E-state index is 11.7. The van der Waals surface area contributed by atoms with Crippen molar-refractivity contribution in [1.82, 2.24) is 9.47 Å². The molecule has 1 aromatic heterocycles. The van der Waals surface area contributed by atoms with Crippen LogP contribution in [-0.2, 0) is 17.8 Å². The van der Waals surface area contributed by atoms with Crippen molar-refractivity contribution in [2.45, 2.75) is 46.2 Å². The van der Waals surface area contributed by atoms with Gasteiger partial charge in [0.15, 0.2) is 5.75 Å².